The van der Waals surface area contributed by atoms with Crippen molar-refractivity contribution in [3.8, 4) is 11.6 Å². The zero-order valence-corrected chi connectivity index (χ0v) is 19.4. The predicted molar refractivity (Wildman–Crippen MR) is 125 cm³/mol. The number of carbonyl (C=O) groups excluding carboxylic acids is 1. The lowest BCUT2D eigenvalue weighted by atomic mass is 10.1. The molecule has 11 nitrogen and oxygen atoms in total. The summed E-state index contributed by atoms with van der Waals surface area (Å²) in [6, 6.07) is 11.3. The number of hydrazone groups is 1. The Morgan fingerprint density at radius 2 is 2.11 bits per heavy atom. The van der Waals surface area contributed by atoms with Gasteiger partial charge in [-0.15, -0.1) is 5.10 Å². The molecule has 0 aliphatic carbocycles. The molecule has 0 fully saturated rings. The smallest absolute Gasteiger partial charge is 0.293 e. The summed E-state index contributed by atoms with van der Waals surface area (Å²) in [6.45, 7) is 3.68. The summed E-state index contributed by atoms with van der Waals surface area (Å²) in [4.78, 5) is 12.7. The van der Waals surface area contributed by atoms with Crippen LogP contribution in [-0.2, 0) is 6.61 Å². The Morgan fingerprint density at radius 1 is 1.31 bits per heavy atom. The molecule has 0 aliphatic heterocycles. The number of nitrogens with zero attached hydrogens (tertiary/aromatic N) is 6. The van der Waals surface area contributed by atoms with Gasteiger partial charge >= 0.3 is 0 Å². The maximum absolute atomic E-state index is 13.9. The Bertz CT molecular complexity index is 1360. The first-order valence-corrected chi connectivity index (χ1v) is 10.8. The zero-order valence-electron chi connectivity index (χ0n) is 18.6. The number of nitrogens with one attached hydrogen (secondary N) is 1. The minimum atomic E-state index is -0.576. The number of amides is 1. The summed E-state index contributed by atoms with van der Waals surface area (Å²) in [5.41, 5.74) is 9.57. The first kappa shape index (κ1) is 23.8. The average Bonchev–Trinajstić information content (AvgIpc) is 3.45. The van der Waals surface area contributed by atoms with E-state index in [1.807, 2.05) is 13.8 Å². The molecule has 2 aromatic carbocycles. The van der Waals surface area contributed by atoms with Crippen molar-refractivity contribution in [3.63, 3.8) is 0 Å². The molecule has 0 atom stereocenters. The van der Waals surface area contributed by atoms with Gasteiger partial charge in [-0.1, -0.05) is 48.9 Å². The van der Waals surface area contributed by atoms with Gasteiger partial charge in [0.15, 0.2) is 5.69 Å². The summed E-state index contributed by atoms with van der Waals surface area (Å²) in [5.74, 6) is -0.546. The van der Waals surface area contributed by atoms with E-state index in [4.69, 9.17) is 22.1 Å². The first-order chi connectivity index (χ1) is 16.8. The fourth-order valence-electron chi connectivity index (χ4n) is 3.19. The molecule has 0 unspecified atom stereocenters. The van der Waals surface area contributed by atoms with Crippen molar-refractivity contribution >= 4 is 29.5 Å². The molecule has 2 aromatic heterocycles. The first-order valence-electron chi connectivity index (χ1n) is 10.4. The fourth-order valence-corrected chi connectivity index (χ4v) is 3.41. The van der Waals surface area contributed by atoms with Crippen LogP contribution in [0.2, 0.25) is 5.02 Å². The lowest BCUT2D eigenvalue weighted by Gasteiger charge is -2.09. The number of anilines is 1. The number of nitrogens with two attached hydrogens (primary N) is 1. The summed E-state index contributed by atoms with van der Waals surface area (Å²) in [7, 11) is 0. The van der Waals surface area contributed by atoms with Crippen molar-refractivity contribution in [1.29, 1.82) is 0 Å². The molecule has 0 spiro atoms. The van der Waals surface area contributed by atoms with E-state index >= 15 is 0 Å². The van der Waals surface area contributed by atoms with Crippen LogP contribution in [0.15, 0.2) is 52.2 Å². The van der Waals surface area contributed by atoms with Crippen LogP contribution in [0.3, 0.4) is 0 Å². The maximum atomic E-state index is 13.9. The second-order valence-corrected chi connectivity index (χ2v) is 8.03. The fraction of sp³-hybridized carbons (Fsp3) is 0.182. The van der Waals surface area contributed by atoms with Gasteiger partial charge in [-0.3, -0.25) is 4.79 Å². The Hall–Kier alpha value is -4.32. The van der Waals surface area contributed by atoms with Crippen molar-refractivity contribution in [3.05, 3.63) is 75.8 Å². The predicted octanol–water partition coefficient (Wildman–Crippen LogP) is 3.49. The Kier molecular flexibility index (Phi) is 7.01. The van der Waals surface area contributed by atoms with Crippen molar-refractivity contribution < 1.29 is 18.6 Å². The van der Waals surface area contributed by atoms with Gasteiger partial charge in [-0.25, -0.2) is 14.4 Å². The molecule has 13 heteroatoms. The summed E-state index contributed by atoms with van der Waals surface area (Å²) in [6.07, 6.45) is 1.43. The van der Waals surface area contributed by atoms with Gasteiger partial charge in [0.1, 0.15) is 18.2 Å². The molecule has 0 bridgehead atoms. The molecule has 1 amide bonds. The third kappa shape index (κ3) is 5.27. The lowest BCUT2D eigenvalue weighted by molar-refractivity contribution is 0.0948. The maximum Gasteiger partial charge on any atom is 0.293 e. The van der Waals surface area contributed by atoms with Crippen LogP contribution < -0.4 is 15.9 Å². The van der Waals surface area contributed by atoms with Gasteiger partial charge in [0, 0.05) is 5.56 Å². The van der Waals surface area contributed by atoms with Gasteiger partial charge in [-0.05, 0) is 46.1 Å². The van der Waals surface area contributed by atoms with Gasteiger partial charge in [-0.2, -0.15) is 9.78 Å². The molecule has 4 rings (SSSR count). The minimum absolute atomic E-state index is 0.0150. The second-order valence-electron chi connectivity index (χ2n) is 7.62. The summed E-state index contributed by atoms with van der Waals surface area (Å²) >= 11 is 6.03. The number of hydrogen-bond acceptors (Lipinski definition) is 9. The molecule has 0 radical (unpaired) electrons. The normalized spacial score (nSPS) is 11.3. The van der Waals surface area contributed by atoms with Crippen LogP contribution in [0.5, 0.6) is 5.75 Å². The monoisotopic (exact) mass is 498 g/mol. The van der Waals surface area contributed by atoms with E-state index in [0.717, 1.165) is 0 Å². The van der Waals surface area contributed by atoms with Gasteiger partial charge < -0.3 is 10.5 Å². The standard InChI is InChI=1S/C22H20ClFN8O3/c1-12(2)19-18(27-31-32(19)21-20(25)29-35-30-21)22(33)28-26-10-13-5-3-6-14(9-13)34-11-15-16(23)7-4-8-17(15)24/h3-10,12H,11H2,1-2H3,(H2,25,29)(H,28,33). The van der Waals surface area contributed by atoms with Crippen molar-refractivity contribution in [2.75, 3.05) is 5.73 Å². The molecule has 0 saturated heterocycles. The summed E-state index contributed by atoms with van der Waals surface area (Å²) in [5, 5.41) is 19.4. The van der Waals surface area contributed by atoms with Crippen molar-refractivity contribution in [1.82, 2.24) is 30.7 Å². The lowest BCUT2D eigenvalue weighted by Crippen LogP contribution is -2.21. The molecule has 2 heterocycles. The highest BCUT2D eigenvalue weighted by molar-refractivity contribution is 6.31. The van der Waals surface area contributed by atoms with Crippen molar-refractivity contribution in [2.24, 2.45) is 5.10 Å². The quantitative estimate of drug-likeness (QED) is 0.277. The largest absolute Gasteiger partial charge is 0.489 e. The number of aromatic nitrogens is 5. The van der Waals surface area contributed by atoms with Gasteiger partial charge in [0.25, 0.3) is 5.91 Å². The highest BCUT2D eigenvalue weighted by Gasteiger charge is 2.25. The van der Waals surface area contributed by atoms with E-state index in [2.05, 4.69) is 35.8 Å². The average molecular weight is 499 g/mol. The summed E-state index contributed by atoms with van der Waals surface area (Å²) < 4.78 is 25.5. The number of rotatable bonds is 8. The number of benzene rings is 2. The molecular formula is C22H20ClFN8O3. The van der Waals surface area contributed by atoms with E-state index in [9.17, 15) is 9.18 Å². The number of hydrogen-bond donors (Lipinski definition) is 2. The number of ether oxygens (including phenoxy) is 1. The highest BCUT2D eigenvalue weighted by atomic mass is 35.5. The number of carbonyl (C=O) groups is 1. The molecular weight excluding hydrogens is 479 g/mol. The number of halogens is 2. The Labute approximate surface area is 203 Å². The van der Waals surface area contributed by atoms with Crippen LogP contribution in [0.25, 0.3) is 5.82 Å². The van der Waals surface area contributed by atoms with E-state index in [-0.39, 0.29) is 40.4 Å². The molecule has 4 aromatic rings. The van der Waals surface area contributed by atoms with Crippen LogP contribution in [0, 0.1) is 5.82 Å². The van der Waals surface area contributed by atoms with Gasteiger partial charge in [0.2, 0.25) is 11.6 Å². The van der Waals surface area contributed by atoms with Gasteiger partial charge in [0.05, 0.1) is 16.9 Å². The van der Waals surface area contributed by atoms with E-state index in [0.29, 0.717) is 17.0 Å². The third-order valence-corrected chi connectivity index (χ3v) is 5.20. The van der Waals surface area contributed by atoms with Crippen LogP contribution >= 0.6 is 11.6 Å². The topological polar surface area (TPSA) is 146 Å². The van der Waals surface area contributed by atoms with E-state index in [1.54, 1.807) is 30.3 Å². The second kappa shape index (κ2) is 10.3. The molecule has 0 aliphatic rings. The Balaban J connectivity index is 1.44. The van der Waals surface area contributed by atoms with Crippen molar-refractivity contribution in [2.45, 2.75) is 26.4 Å². The molecule has 3 N–H and O–H groups in total. The molecule has 180 valence electrons. The minimum Gasteiger partial charge on any atom is -0.489 e. The highest BCUT2D eigenvalue weighted by Crippen LogP contribution is 2.23. The van der Waals surface area contributed by atoms with Crippen LogP contribution in [0.4, 0.5) is 10.2 Å². The van der Waals surface area contributed by atoms with E-state index < -0.39 is 11.7 Å². The third-order valence-electron chi connectivity index (χ3n) is 4.85. The molecule has 0 saturated carbocycles. The molecule has 35 heavy (non-hydrogen) atoms. The van der Waals surface area contributed by atoms with Crippen LogP contribution in [0.1, 0.15) is 47.1 Å². The number of nitrogen functional groups attached to an aromatic ring is 1. The zero-order chi connectivity index (χ0) is 24.9. The Morgan fingerprint density at radius 3 is 2.83 bits per heavy atom. The SMILES string of the molecule is CC(C)c1c(C(=O)NN=Cc2cccc(OCc3c(F)cccc3Cl)c2)nnn1-c1nonc1N. The van der Waals surface area contributed by atoms with Crippen LogP contribution in [-0.4, -0.2) is 37.4 Å². The van der Waals surface area contributed by atoms with E-state index in [1.165, 1.54) is 23.0 Å².